The van der Waals surface area contributed by atoms with Crippen LogP contribution in [0.4, 0.5) is 4.79 Å². The summed E-state index contributed by atoms with van der Waals surface area (Å²) in [5.41, 5.74) is 3.79. The quantitative estimate of drug-likeness (QED) is 0.186. The van der Waals surface area contributed by atoms with Crippen LogP contribution in [-0.2, 0) is 45.4 Å². The van der Waals surface area contributed by atoms with E-state index in [4.69, 9.17) is 18.9 Å². The number of aliphatic hydroxyl groups is 1. The van der Waals surface area contributed by atoms with Crippen LogP contribution in [0.1, 0.15) is 22.3 Å². The van der Waals surface area contributed by atoms with Gasteiger partial charge in [-0.25, -0.2) is 4.79 Å². The lowest BCUT2D eigenvalue weighted by Gasteiger charge is -2.31. The van der Waals surface area contributed by atoms with Gasteiger partial charge in [0.25, 0.3) is 0 Å². The van der Waals surface area contributed by atoms with E-state index < -0.39 is 24.4 Å². The first-order valence-electron chi connectivity index (χ1n) is 13.7. The summed E-state index contributed by atoms with van der Waals surface area (Å²) in [5, 5.41) is 14.1. The van der Waals surface area contributed by atoms with Gasteiger partial charge in [-0.3, -0.25) is 0 Å². The zero-order valence-corrected chi connectivity index (χ0v) is 23.0. The lowest BCUT2D eigenvalue weighted by atomic mass is 10.1. The molecule has 4 rings (SSSR count). The van der Waals surface area contributed by atoms with Crippen molar-refractivity contribution in [1.29, 1.82) is 0 Å². The monoisotopic (exact) mass is 555 g/mol. The molecule has 0 heterocycles. The molecule has 0 aliphatic heterocycles. The van der Waals surface area contributed by atoms with Crippen LogP contribution in [-0.4, -0.2) is 42.7 Å². The van der Waals surface area contributed by atoms with Gasteiger partial charge in [-0.15, -0.1) is 0 Å². The first kappa shape index (κ1) is 30.0. The normalized spacial score (nSPS) is 13.2. The van der Waals surface area contributed by atoms with Crippen LogP contribution in [0.3, 0.4) is 0 Å². The van der Waals surface area contributed by atoms with E-state index in [1.165, 1.54) is 0 Å². The summed E-state index contributed by atoms with van der Waals surface area (Å²) in [6, 6.07) is 38.6. The molecule has 3 atom stereocenters. The zero-order valence-electron chi connectivity index (χ0n) is 23.0. The number of aliphatic hydroxyl groups excluding tert-OH is 1. The first-order valence-corrected chi connectivity index (χ1v) is 13.7. The van der Waals surface area contributed by atoms with Crippen molar-refractivity contribution >= 4 is 6.09 Å². The van der Waals surface area contributed by atoms with Crippen molar-refractivity contribution in [2.24, 2.45) is 0 Å². The minimum Gasteiger partial charge on any atom is -0.445 e. The number of carbonyl (C=O) groups is 1. The summed E-state index contributed by atoms with van der Waals surface area (Å²) < 4.78 is 23.8. The fourth-order valence-corrected chi connectivity index (χ4v) is 4.20. The molecule has 214 valence electrons. The predicted octanol–water partition coefficient (Wildman–Crippen LogP) is 5.66. The molecule has 7 nitrogen and oxygen atoms in total. The fraction of sp³-hybridized carbons (Fsp3) is 0.265. The van der Waals surface area contributed by atoms with Crippen LogP contribution < -0.4 is 5.32 Å². The third-order valence-corrected chi connectivity index (χ3v) is 6.40. The van der Waals surface area contributed by atoms with Gasteiger partial charge in [-0.05, 0) is 22.3 Å². The van der Waals surface area contributed by atoms with Crippen molar-refractivity contribution < 1.29 is 28.8 Å². The number of hydrogen-bond donors (Lipinski definition) is 2. The van der Waals surface area contributed by atoms with E-state index in [1.54, 1.807) is 0 Å². The Morgan fingerprint density at radius 1 is 0.610 bits per heavy atom. The largest absolute Gasteiger partial charge is 0.445 e. The lowest BCUT2D eigenvalue weighted by molar-refractivity contribution is -0.145. The maximum atomic E-state index is 12.6. The maximum Gasteiger partial charge on any atom is 0.407 e. The highest BCUT2D eigenvalue weighted by Gasteiger charge is 2.31. The van der Waals surface area contributed by atoms with Crippen molar-refractivity contribution in [2.75, 3.05) is 13.2 Å². The van der Waals surface area contributed by atoms with Gasteiger partial charge < -0.3 is 29.4 Å². The average molecular weight is 556 g/mol. The highest BCUT2D eigenvalue weighted by atomic mass is 16.6. The third kappa shape index (κ3) is 10.8. The van der Waals surface area contributed by atoms with Crippen molar-refractivity contribution in [1.82, 2.24) is 5.32 Å². The summed E-state index contributed by atoms with van der Waals surface area (Å²) in [6.07, 6.45) is -3.10. The highest BCUT2D eigenvalue weighted by Crippen LogP contribution is 2.16. The van der Waals surface area contributed by atoms with Gasteiger partial charge in [0.15, 0.2) is 0 Å². The van der Waals surface area contributed by atoms with Gasteiger partial charge in [0.05, 0.1) is 26.4 Å². The van der Waals surface area contributed by atoms with Crippen LogP contribution in [0.25, 0.3) is 0 Å². The molecule has 0 aliphatic rings. The van der Waals surface area contributed by atoms with E-state index in [-0.39, 0.29) is 33.0 Å². The van der Waals surface area contributed by atoms with Crippen molar-refractivity contribution in [3.05, 3.63) is 144 Å². The number of amides is 1. The highest BCUT2D eigenvalue weighted by molar-refractivity contribution is 5.67. The van der Waals surface area contributed by atoms with Crippen LogP contribution >= 0.6 is 0 Å². The lowest BCUT2D eigenvalue weighted by Crippen LogP contribution is -2.49. The molecule has 0 saturated carbocycles. The number of benzene rings is 4. The Morgan fingerprint density at radius 3 is 1.56 bits per heavy atom. The Kier molecular flexibility index (Phi) is 12.4. The van der Waals surface area contributed by atoms with Crippen LogP contribution in [0.2, 0.25) is 0 Å². The van der Waals surface area contributed by atoms with E-state index in [1.807, 2.05) is 121 Å². The Balaban J connectivity index is 1.43. The topological polar surface area (TPSA) is 86.3 Å². The van der Waals surface area contributed by atoms with Crippen LogP contribution in [0.5, 0.6) is 0 Å². The molecule has 1 amide bonds. The summed E-state index contributed by atoms with van der Waals surface area (Å²) in [6.45, 7) is 1.11. The van der Waals surface area contributed by atoms with Gasteiger partial charge >= 0.3 is 6.09 Å². The molecule has 41 heavy (non-hydrogen) atoms. The number of carbonyl (C=O) groups excluding carboxylic acids is 1. The van der Waals surface area contributed by atoms with Gasteiger partial charge in [-0.2, -0.15) is 0 Å². The third-order valence-electron chi connectivity index (χ3n) is 6.40. The minimum absolute atomic E-state index is 0.0258. The molecule has 7 heteroatoms. The van der Waals surface area contributed by atoms with E-state index in [0.717, 1.165) is 22.3 Å². The standard InChI is InChI=1S/C34H37NO6/c36-31(26-38-22-27-13-5-1-6-14-27)33(40-24-29-17-9-3-10-18-29)32(39-23-28-15-7-2-8-16-28)21-35-34(37)41-25-30-19-11-4-12-20-30/h1-20,31-33,36H,21-26H2,(H,35,37)/t31-,32+,33-/m1/s1. The van der Waals surface area contributed by atoms with Crippen LogP contribution in [0.15, 0.2) is 121 Å². The zero-order chi connectivity index (χ0) is 28.5. The molecule has 0 saturated heterocycles. The second-order valence-corrected chi connectivity index (χ2v) is 9.61. The van der Waals surface area contributed by atoms with Crippen molar-refractivity contribution in [3.8, 4) is 0 Å². The molecule has 0 radical (unpaired) electrons. The number of rotatable bonds is 16. The Labute approximate surface area is 241 Å². The van der Waals surface area contributed by atoms with E-state index in [2.05, 4.69) is 5.32 Å². The molecule has 0 aromatic heterocycles. The van der Waals surface area contributed by atoms with Gasteiger partial charge in [0.1, 0.15) is 24.9 Å². The fourth-order valence-electron chi connectivity index (χ4n) is 4.20. The summed E-state index contributed by atoms with van der Waals surface area (Å²) in [4.78, 5) is 12.6. The number of hydrogen-bond acceptors (Lipinski definition) is 6. The van der Waals surface area contributed by atoms with Gasteiger partial charge in [-0.1, -0.05) is 121 Å². The molecule has 2 N–H and O–H groups in total. The van der Waals surface area contributed by atoms with E-state index >= 15 is 0 Å². The molecule has 4 aromatic rings. The Morgan fingerprint density at radius 2 is 1.05 bits per heavy atom. The molecular weight excluding hydrogens is 518 g/mol. The molecule has 0 aliphatic carbocycles. The van der Waals surface area contributed by atoms with Crippen LogP contribution in [0, 0.1) is 0 Å². The smallest absolute Gasteiger partial charge is 0.407 e. The van der Waals surface area contributed by atoms with Crippen molar-refractivity contribution in [2.45, 2.75) is 44.7 Å². The molecule has 4 aromatic carbocycles. The predicted molar refractivity (Wildman–Crippen MR) is 157 cm³/mol. The maximum absolute atomic E-state index is 12.6. The molecular formula is C34H37NO6. The Bertz CT molecular complexity index is 1260. The Hall–Kier alpha value is -4.01. The number of ether oxygens (including phenoxy) is 4. The first-order chi connectivity index (χ1) is 20.2. The minimum atomic E-state index is -1.02. The molecule has 0 bridgehead atoms. The second-order valence-electron chi connectivity index (χ2n) is 9.61. The average Bonchev–Trinajstić information content (AvgIpc) is 3.03. The SMILES string of the molecule is O=C(NC[C@H](OCc1ccccc1)[C@H](OCc1ccccc1)[C@H](O)COCc1ccccc1)OCc1ccccc1. The molecule has 0 spiro atoms. The van der Waals surface area contributed by atoms with Gasteiger partial charge in [0.2, 0.25) is 0 Å². The number of nitrogens with one attached hydrogen (secondary N) is 1. The summed E-state index contributed by atoms with van der Waals surface area (Å²) in [5.74, 6) is 0. The molecule has 0 fully saturated rings. The molecule has 0 unspecified atom stereocenters. The van der Waals surface area contributed by atoms with E-state index in [9.17, 15) is 9.90 Å². The number of alkyl carbamates (subject to hydrolysis) is 1. The van der Waals surface area contributed by atoms with E-state index in [0.29, 0.717) is 6.61 Å². The summed E-state index contributed by atoms with van der Waals surface area (Å²) in [7, 11) is 0. The van der Waals surface area contributed by atoms with Crippen molar-refractivity contribution in [3.63, 3.8) is 0 Å². The van der Waals surface area contributed by atoms with Gasteiger partial charge in [0, 0.05) is 6.54 Å². The summed E-state index contributed by atoms with van der Waals surface area (Å²) >= 11 is 0. The second kappa shape index (κ2) is 16.9.